The number of imidazole rings is 1. The molecule has 2 unspecified atom stereocenters. The Kier molecular flexibility index (Phi) is 7.08. The van der Waals surface area contributed by atoms with E-state index in [2.05, 4.69) is 52.0 Å². The summed E-state index contributed by atoms with van der Waals surface area (Å²) in [5.41, 5.74) is 5.33. The van der Waals surface area contributed by atoms with E-state index < -0.39 is 0 Å². The number of carbonyl (C=O) groups is 1. The van der Waals surface area contributed by atoms with Crippen molar-refractivity contribution in [2.75, 3.05) is 7.11 Å². The van der Waals surface area contributed by atoms with Crippen LogP contribution >= 0.6 is 0 Å². The Hall–Kier alpha value is -3.60. The minimum Gasteiger partial charge on any atom is -0.497 e. The Morgan fingerprint density at radius 2 is 1.91 bits per heavy atom. The van der Waals surface area contributed by atoms with E-state index in [1.54, 1.807) is 7.11 Å². The van der Waals surface area contributed by atoms with Crippen molar-refractivity contribution in [3.8, 4) is 5.75 Å². The summed E-state index contributed by atoms with van der Waals surface area (Å²) in [5, 5.41) is 3.20. The Labute approximate surface area is 195 Å². The molecule has 33 heavy (non-hydrogen) atoms. The Balaban J connectivity index is 1.54. The van der Waals surface area contributed by atoms with Crippen LogP contribution in [0.4, 0.5) is 0 Å². The largest absolute Gasteiger partial charge is 0.497 e. The van der Waals surface area contributed by atoms with Crippen LogP contribution in [0.1, 0.15) is 48.1 Å². The molecule has 5 heteroatoms. The lowest BCUT2D eigenvalue weighted by Crippen LogP contribution is -2.34. The number of ether oxygens (including phenoxy) is 1. The van der Waals surface area contributed by atoms with Crippen LogP contribution in [0.3, 0.4) is 0 Å². The molecule has 0 saturated carbocycles. The van der Waals surface area contributed by atoms with Crippen molar-refractivity contribution < 1.29 is 9.53 Å². The molecular weight excluding hydrogens is 410 g/mol. The van der Waals surface area contributed by atoms with E-state index in [0.29, 0.717) is 6.42 Å². The predicted octanol–water partition coefficient (Wildman–Crippen LogP) is 5.31. The maximum atomic E-state index is 13.1. The van der Waals surface area contributed by atoms with Crippen molar-refractivity contribution in [2.45, 2.75) is 45.1 Å². The molecule has 0 spiro atoms. The van der Waals surface area contributed by atoms with Crippen LogP contribution in [0.2, 0.25) is 0 Å². The summed E-state index contributed by atoms with van der Waals surface area (Å²) in [6.07, 6.45) is 6.07. The number of carbonyl (C=O) groups excluding carboxylic acids is 1. The molecule has 0 aliphatic rings. The zero-order chi connectivity index (χ0) is 23.2. The molecule has 1 amide bonds. The number of fused-ring (bicyclic) bond motifs is 1. The maximum absolute atomic E-state index is 13.1. The molecule has 0 aliphatic heterocycles. The summed E-state index contributed by atoms with van der Waals surface area (Å²) < 4.78 is 7.54. The first-order chi connectivity index (χ1) is 16.0. The van der Waals surface area contributed by atoms with E-state index in [4.69, 9.17) is 4.74 Å². The van der Waals surface area contributed by atoms with E-state index in [0.717, 1.165) is 41.1 Å². The highest BCUT2D eigenvalue weighted by Crippen LogP contribution is 2.31. The van der Waals surface area contributed by atoms with E-state index in [9.17, 15) is 4.79 Å². The summed E-state index contributed by atoms with van der Waals surface area (Å²) in [7, 11) is 1.66. The Morgan fingerprint density at radius 3 is 2.70 bits per heavy atom. The number of hydrogen-bond acceptors (Lipinski definition) is 3. The molecule has 170 valence electrons. The second kappa shape index (κ2) is 10.3. The molecule has 1 N–H and O–H groups in total. The third-order valence-electron chi connectivity index (χ3n) is 6.12. The Bertz CT molecular complexity index is 1220. The third-order valence-corrected chi connectivity index (χ3v) is 6.12. The number of nitrogens with one attached hydrogen (secondary N) is 1. The minimum atomic E-state index is -0.141. The van der Waals surface area contributed by atoms with Gasteiger partial charge >= 0.3 is 0 Å². The standard InChI is InChI=1S/C28H31N3O2/c1-20-9-8-16-31-26(19-29-28(20)31)25(23-12-7-13-24(17-23)33-3)18-27(32)30-21(2)14-15-22-10-5-4-6-11-22/h4-13,16-17,19,21,25H,14-15,18H2,1-3H3,(H,30,32). The van der Waals surface area contributed by atoms with Crippen LogP contribution in [0.15, 0.2) is 79.1 Å². The highest BCUT2D eigenvalue weighted by atomic mass is 16.5. The fourth-order valence-electron chi connectivity index (χ4n) is 4.30. The molecule has 2 heterocycles. The lowest BCUT2D eigenvalue weighted by Gasteiger charge is -2.20. The normalized spacial score (nSPS) is 12.9. The van der Waals surface area contributed by atoms with Gasteiger partial charge in [0.05, 0.1) is 12.8 Å². The maximum Gasteiger partial charge on any atom is 0.221 e. The van der Waals surface area contributed by atoms with Crippen LogP contribution in [0.5, 0.6) is 5.75 Å². The first kappa shape index (κ1) is 22.6. The van der Waals surface area contributed by atoms with E-state index in [1.165, 1.54) is 5.56 Å². The van der Waals surface area contributed by atoms with Gasteiger partial charge in [-0.1, -0.05) is 48.5 Å². The number of pyridine rings is 1. The molecule has 2 aromatic carbocycles. The van der Waals surface area contributed by atoms with Gasteiger partial charge in [-0.25, -0.2) is 4.98 Å². The van der Waals surface area contributed by atoms with Gasteiger partial charge in [0.15, 0.2) is 0 Å². The lowest BCUT2D eigenvalue weighted by molar-refractivity contribution is -0.121. The SMILES string of the molecule is COc1cccc(C(CC(=O)NC(C)CCc2ccccc2)c2cnc3c(C)cccn23)c1. The van der Waals surface area contributed by atoms with Gasteiger partial charge in [-0.15, -0.1) is 0 Å². The van der Waals surface area contributed by atoms with Crippen LogP contribution in [0.25, 0.3) is 5.65 Å². The zero-order valence-electron chi connectivity index (χ0n) is 19.5. The van der Waals surface area contributed by atoms with Crippen molar-refractivity contribution in [3.05, 3.63) is 102 Å². The third kappa shape index (κ3) is 5.43. The van der Waals surface area contributed by atoms with Gasteiger partial charge in [-0.3, -0.25) is 4.79 Å². The van der Waals surface area contributed by atoms with Crippen molar-refractivity contribution >= 4 is 11.6 Å². The average molecular weight is 442 g/mol. The monoisotopic (exact) mass is 441 g/mol. The molecule has 0 aliphatic carbocycles. The van der Waals surface area contributed by atoms with Gasteiger partial charge in [0.25, 0.3) is 0 Å². The fourth-order valence-corrected chi connectivity index (χ4v) is 4.30. The topological polar surface area (TPSA) is 55.6 Å². The van der Waals surface area contributed by atoms with Crippen LogP contribution in [-0.4, -0.2) is 28.4 Å². The number of rotatable bonds is 9. The molecular formula is C28H31N3O2. The molecule has 0 radical (unpaired) electrons. The second-order valence-corrected chi connectivity index (χ2v) is 8.59. The average Bonchev–Trinajstić information content (AvgIpc) is 3.27. The van der Waals surface area contributed by atoms with Gasteiger partial charge in [-0.2, -0.15) is 0 Å². The fraction of sp³-hybridized carbons (Fsp3) is 0.286. The highest BCUT2D eigenvalue weighted by molar-refractivity contribution is 5.78. The molecule has 2 atom stereocenters. The summed E-state index contributed by atoms with van der Waals surface area (Å²) in [6.45, 7) is 4.12. The van der Waals surface area contributed by atoms with Gasteiger partial charge in [0.1, 0.15) is 11.4 Å². The first-order valence-corrected chi connectivity index (χ1v) is 11.4. The number of methoxy groups -OCH3 is 1. The molecule has 0 saturated heterocycles. The number of aromatic nitrogens is 2. The van der Waals surface area contributed by atoms with Crippen molar-refractivity contribution in [1.29, 1.82) is 0 Å². The quantitative estimate of drug-likeness (QED) is 0.383. The summed E-state index contributed by atoms with van der Waals surface area (Å²) in [4.78, 5) is 17.8. The van der Waals surface area contributed by atoms with E-state index >= 15 is 0 Å². The number of benzene rings is 2. The number of nitrogens with zero attached hydrogens (tertiary/aromatic N) is 2. The van der Waals surface area contributed by atoms with Gasteiger partial charge in [0.2, 0.25) is 5.91 Å². The van der Waals surface area contributed by atoms with Crippen molar-refractivity contribution in [2.24, 2.45) is 0 Å². The van der Waals surface area contributed by atoms with E-state index in [-0.39, 0.29) is 17.9 Å². The minimum absolute atomic E-state index is 0.0333. The van der Waals surface area contributed by atoms with Crippen LogP contribution in [-0.2, 0) is 11.2 Å². The van der Waals surface area contributed by atoms with Gasteiger partial charge in [-0.05, 0) is 61.6 Å². The lowest BCUT2D eigenvalue weighted by atomic mass is 9.92. The van der Waals surface area contributed by atoms with Crippen molar-refractivity contribution in [3.63, 3.8) is 0 Å². The van der Waals surface area contributed by atoms with E-state index in [1.807, 2.05) is 55.7 Å². The van der Waals surface area contributed by atoms with Crippen LogP contribution < -0.4 is 10.1 Å². The van der Waals surface area contributed by atoms with Gasteiger partial charge in [0, 0.05) is 30.8 Å². The number of aryl methyl sites for hydroxylation is 2. The molecule has 4 rings (SSSR count). The summed E-state index contributed by atoms with van der Waals surface area (Å²) >= 11 is 0. The van der Waals surface area contributed by atoms with Gasteiger partial charge < -0.3 is 14.5 Å². The number of amides is 1. The summed E-state index contributed by atoms with van der Waals surface area (Å²) in [5.74, 6) is 0.670. The molecule has 5 nitrogen and oxygen atoms in total. The zero-order valence-corrected chi connectivity index (χ0v) is 19.5. The first-order valence-electron chi connectivity index (χ1n) is 11.4. The molecule has 2 aromatic heterocycles. The predicted molar refractivity (Wildman–Crippen MR) is 132 cm³/mol. The molecule has 0 fully saturated rings. The molecule has 0 bridgehead atoms. The van der Waals surface area contributed by atoms with Crippen LogP contribution in [0, 0.1) is 6.92 Å². The summed E-state index contributed by atoms with van der Waals surface area (Å²) in [6, 6.07) is 22.5. The number of hydrogen-bond donors (Lipinski definition) is 1. The Morgan fingerprint density at radius 1 is 1.09 bits per heavy atom. The smallest absolute Gasteiger partial charge is 0.221 e. The molecule has 4 aromatic rings. The highest BCUT2D eigenvalue weighted by Gasteiger charge is 2.23. The second-order valence-electron chi connectivity index (χ2n) is 8.59. The van der Waals surface area contributed by atoms with Crippen molar-refractivity contribution in [1.82, 2.24) is 14.7 Å².